The zero-order valence-electron chi connectivity index (χ0n) is 18.3. The van der Waals surface area contributed by atoms with E-state index in [9.17, 15) is 9.90 Å². The number of benzene rings is 4. The molecule has 4 aromatic carbocycles. The van der Waals surface area contributed by atoms with E-state index >= 15 is 0 Å². The van der Waals surface area contributed by atoms with Crippen molar-refractivity contribution in [3.8, 4) is 22.8 Å². The summed E-state index contributed by atoms with van der Waals surface area (Å²) < 4.78 is 13.3. The molecule has 1 N–H and O–H groups in total. The number of ether oxygens (including phenoxy) is 2. The van der Waals surface area contributed by atoms with Crippen molar-refractivity contribution in [1.29, 1.82) is 0 Å². The van der Waals surface area contributed by atoms with Crippen molar-refractivity contribution in [2.24, 2.45) is 0 Å². The van der Waals surface area contributed by atoms with Gasteiger partial charge in [-0.25, -0.2) is 4.79 Å². The van der Waals surface area contributed by atoms with Gasteiger partial charge in [0.25, 0.3) is 0 Å². The van der Waals surface area contributed by atoms with Gasteiger partial charge in [0.05, 0.1) is 17.7 Å². The highest BCUT2D eigenvalue weighted by molar-refractivity contribution is 6.31. The van der Waals surface area contributed by atoms with Crippen LogP contribution in [0.3, 0.4) is 0 Å². The van der Waals surface area contributed by atoms with Crippen LogP contribution in [0, 0.1) is 0 Å². The summed E-state index contributed by atoms with van der Waals surface area (Å²) in [6, 6.07) is 29.2. The Morgan fingerprint density at radius 2 is 1.62 bits per heavy atom. The molecule has 0 spiro atoms. The van der Waals surface area contributed by atoms with E-state index in [1.807, 2.05) is 77.4 Å². The van der Waals surface area contributed by atoms with Gasteiger partial charge in [-0.2, -0.15) is 0 Å². The second-order valence-electron chi connectivity index (χ2n) is 7.91. The first-order valence-corrected chi connectivity index (χ1v) is 11.4. The van der Waals surface area contributed by atoms with Gasteiger partial charge in [-0.15, -0.1) is 0 Å². The zero-order valence-corrected chi connectivity index (χ0v) is 19.0. The molecule has 0 aliphatic rings. The maximum absolute atomic E-state index is 11.6. The smallest absolute Gasteiger partial charge is 0.493 e. The van der Waals surface area contributed by atoms with Crippen LogP contribution in [0.25, 0.3) is 32.8 Å². The van der Waals surface area contributed by atoms with Crippen molar-refractivity contribution in [2.45, 2.75) is 13.0 Å². The maximum Gasteiger partial charge on any atom is 0.512 e. The molecule has 0 aliphatic carbocycles. The van der Waals surface area contributed by atoms with Crippen LogP contribution >= 0.6 is 11.6 Å². The third kappa shape index (κ3) is 4.30. The molecule has 0 radical (unpaired) electrons. The molecule has 6 heteroatoms. The van der Waals surface area contributed by atoms with Crippen LogP contribution in [-0.4, -0.2) is 22.4 Å². The van der Waals surface area contributed by atoms with Crippen molar-refractivity contribution >= 4 is 39.4 Å². The number of para-hydroxylation sites is 1. The second kappa shape index (κ2) is 9.49. The molecule has 0 saturated carbocycles. The van der Waals surface area contributed by atoms with Gasteiger partial charge in [0.2, 0.25) is 5.88 Å². The molecule has 5 nitrogen and oxygen atoms in total. The van der Waals surface area contributed by atoms with E-state index in [1.54, 1.807) is 6.07 Å². The SMILES string of the molecule is O=C(O)Oc1c(-c2cccc(Cl)c2)c2ccccc2n1CCCOc1cccc2ccccc12. The van der Waals surface area contributed by atoms with Crippen molar-refractivity contribution in [3.05, 3.63) is 96.0 Å². The number of hydrogen-bond donors (Lipinski definition) is 1. The molecule has 34 heavy (non-hydrogen) atoms. The van der Waals surface area contributed by atoms with Crippen molar-refractivity contribution in [1.82, 2.24) is 4.57 Å². The predicted molar refractivity (Wildman–Crippen MR) is 135 cm³/mol. The normalized spacial score (nSPS) is 11.1. The van der Waals surface area contributed by atoms with Crippen LogP contribution in [0.15, 0.2) is 91.0 Å². The summed E-state index contributed by atoms with van der Waals surface area (Å²) in [5.41, 5.74) is 2.39. The van der Waals surface area contributed by atoms with Crippen LogP contribution in [0.1, 0.15) is 6.42 Å². The molecule has 0 saturated heterocycles. The lowest BCUT2D eigenvalue weighted by Crippen LogP contribution is -2.11. The molecule has 0 fully saturated rings. The lowest BCUT2D eigenvalue weighted by atomic mass is 10.0. The third-order valence-electron chi connectivity index (χ3n) is 5.75. The molecule has 0 atom stereocenters. The monoisotopic (exact) mass is 471 g/mol. The topological polar surface area (TPSA) is 60.7 Å². The van der Waals surface area contributed by atoms with Gasteiger partial charge in [-0.1, -0.05) is 78.3 Å². The van der Waals surface area contributed by atoms with E-state index in [4.69, 9.17) is 21.1 Å². The average molecular weight is 472 g/mol. The van der Waals surface area contributed by atoms with Gasteiger partial charge in [0.15, 0.2) is 0 Å². The summed E-state index contributed by atoms with van der Waals surface area (Å²) in [5, 5.41) is 13.1. The number of halogens is 1. The van der Waals surface area contributed by atoms with E-state index in [2.05, 4.69) is 12.1 Å². The summed E-state index contributed by atoms with van der Waals surface area (Å²) in [4.78, 5) is 11.6. The van der Waals surface area contributed by atoms with Gasteiger partial charge >= 0.3 is 6.16 Å². The Morgan fingerprint density at radius 3 is 2.44 bits per heavy atom. The predicted octanol–water partition coefficient (Wildman–Crippen LogP) is 7.64. The number of fused-ring (bicyclic) bond motifs is 2. The van der Waals surface area contributed by atoms with Crippen LogP contribution < -0.4 is 9.47 Å². The minimum atomic E-state index is -1.36. The van der Waals surface area contributed by atoms with E-state index in [-0.39, 0.29) is 5.88 Å². The lowest BCUT2D eigenvalue weighted by Gasteiger charge is -2.12. The van der Waals surface area contributed by atoms with Gasteiger partial charge in [-0.05, 0) is 41.6 Å². The first kappa shape index (κ1) is 21.9. The van der Waals surface area contributed by atoms with E-state index < -0.39 is 6.16 Å². The Morgan fingerprint density at radius 1 is 0.882 bits per heavy atom. The van der Waals surface area contributed by atoms with Crippen molar-refractivity contribution in [2.75, 3.05) is 6.61 Å². The van der Waals surface area contributed by atoms with Gasteiger partial charge < -0.3 is 19.1 Å². The van der Waals surface area contributed by atoms with Crippen LogP contribution in [0.5, 0.6) is 11.6 Å². The number of carbonyl (C=O) groups is 1. The molecule has 1 aromatic heterocycles. The van der Waals surface area contributed by atoms with E-state index in [0.29, 0.717) is 30.2 Å². The van der Waals surface area contributed by atoms with Crippen molar-refractivity contribution in [3.63, 3.8) is 0 Å². The fraction of sp³-hybridized carbons (Fsp3) is 0.107. The molecule has 0 amide bonds. The molecule has 5 rings (SSSR count). The fourth-order valence-electron chi connectivity index (χ4n) is 4.34. The van der Waals surface area contributed by atoms with Crippen LogP contribution in [0.2, 0.25) is 5.02 Å². The average Bonchev–Trinajstić information content (AvgIpc) is 3.14. The molecule has 5 aromatic rings. The molecule has 0 bridgehead atoms. The molecule has 0 unspecified atom stereocenters. The summed E-state index contributed by atoms with van der Waals surface area (Å²) in [7, 11) is 0. The van der Waals surface area contributed by atoms with E-state index in [1.165, 1.54) is 0 Å². The summed E-state index contributed by atoms with van der Waals surface area (Å²) in [6.45, 7) is 0.994. The summed E-state index contributed by atoms with van der Waals surface area (Å²) in [5.74, 6) is 1.11. The van der Waals surface area contributed by atoms with Gasteiger partial charge in [0, 0.05) is 22.3 Å². The number of carboxylic acid groups (broad SMARTS) is 1. The summed E-state index contributed by atoms with van der Waals surface area (Å²) >= 11 is 6.23. The first-order valence-electron chi connectivity index (χ1n) is 11.0. The number of nitrogens with zero attached hydrogens (tertiary/aromatic N) is 1. The zero-order chi connectivity index (χ0) is 23.5. The Balaban J connectivity index is 1.46. The minimum Gasteiger partial charge on any atom is -0.493 e. The Kier molecular flexibility index (Phi) is 6.11. The Bertz CT molecular complexity index is 1490. The lowest BCUT2D eigenvalue weighted by molar-refractivity contribution is 0.141. The minimum absolute atomic E-state index is 0.279. The Hall–Kier alpha value is -3.96. The fourth-order valence-corrected chi connectivity index (χ4v) is 4.53. The largest absolute Gasteiger partial charge is 0.512 e. The van der Waals surface area contributed by atoms with E-state index in [0.717, 1.165) is 33.0 Å². The first-order chi connectivity index (χ1) is 16.6. The second-order valence-corrected chi connectivity index (χ2v) is 8.34. The Labute approximate surface area is 201 Å². The third-order valence-corrected chi connectivity index (χ3v) is 5.99. The standard InChI is InChI=1S/C28H22ClNO4/c29-21-11-5-10-20(18-21)26-23-13-3-4-14-24(23)30(27(26)34-28(31)32)16-7-17-33-25-15-6-9-19-8-1-2-12-22(19)25/h1-6,8-15,18H,7,16-17H2,(H,31,32). The van der Waals surface area contributed by atoms with Crippen molar-refractivity contribution < 1.29 is 19.4 Å². The molecule has 170 valence electrons. The highest BCUT2D eigenvalue weighted by Crippen LogP contribution is 2.41. The molecule has 0 aliphatic heterocycles. The molecular formula is C28H22ClNO4. The number of aromatic nitrogens is 1. The van der Waals surface area contributed by atoms with Crippen LogP contribution in [-0.2, 0) is 6.54 Å². The van der Waals surface area contributed by atoms with Gasteiger partial charge in [-0.3, -0.25) is 0 Å². The number of aryl methyl sites for hydroxylation is 1. The highest BCUT2D eigenvalue weighted by Gasteiger charge is 2.22. The maximum atomic E-state index is 11.6. The number of rotatable bonds is 7. The van der Waals surface area contributed by atoms with Gasteiger partial charge in [0.1, 0.15) is 5.75 Å². The highest BCUT2D eigenvalue weighted by atomic mass is 35.5. The molecule has 1 heterocycles. The quantitative estimate of drug-likeness (QED) is 0.196. The number of hydrogen-bond acceptors (Lipinski definition) is 3. The summed E-state index contributed by atoms with van der Waals surface area (Å²) in [6.07, 6.45) is -0.702. The molecular weight excluding hydrogens is 450 g/mol. The van der Waals surface area contributed by atoms with Crippen LogP contribution in [0.4, 0.5) is 4.79 Å².